The van der Waals surface area contributed by atoms with Crippen LogP contribution in [0.4, 0.5) is 5.82 Å². The highest BCUT2D eigenvalue weighted by Crippen LogP contribution is 2.36. The Morgan fingerprint density at radius 3 is 2.83 bits per heavy atom. The number of aryl methyl sites for hydroxylation is 1. The van der Waals surface area contributed by atoms with Gasteiger partial charge in [0, 0.05) is 33.3 Å². The van der Waals surface area contributed by atoms with Crippen molar-refractivity contribution in [3.63, 3.8) is 0 Å². The molecule has 0 N–H and O–H groups in total. The molecule has 0 spiro atoms. The summed E-state index contributed by atoms with van der Waals surface area (Å²) in [5.41, 5.74) is 2.48. The number of fused-ring (bicyclic) bond motifs is 1. The molecule has 0 amide bonds. The molecule has 120 valence electrons. The second kappa shape index (κ2) is 6.61. The summed E-state index contributed by atoms with van der Waals surface area (Å²) in [5.74, 6) is 1.08. The van der Waals surface area contributed by atoms with E-state index in [-0.39, 0.29) is 0 Å². The standard InChI is InChI=1S/C17H17BrClN3S/c18-11-4-6-12(7-5-11)23-13-8-9-22(10-13)16-14-2-1-3-15(14)20-17(19)21-16/h4-7,13H,1-3,8-10H2. The van der Waals surface area contributed by atoms with Crippen molar-refractivity contribution < 1.29 is 0 Å². The molecule has 1 fully saturated rings. The number of anilines is 1. The van der Waals surface area contributed by atoms with Crippen LogP contribution in [0.5, 0.6) is 0 Å². The van der Waals surface area contributed by atoms with E-state index < -0.39 is 0 Å². The first-order valence-electron chi connectivity index (χ1n) is 7.91. The fourth-order valence-electron chi connectivity index (χ4n) is 3.37. The summed E-state index contributed by atoms with van der Waals surface area (Å²) in [6.07, 6.45) is 4.47. The SMILES string of the molecule is Clc1nc2c(c(N3CCC(Sc4ccc(Br)cc4)C3)n1)CCC2. The van der Waals surface area contributed by atoms with Crippen LogP contribution in [0, 0.1) is 0 Å². The van der Waals surface area contributed by atoms with E-state index in [0.717, 1.165) is 41.9 Å². The molecule has 1 aliphatic carbocycles. The van der Waals surface area contributed by atoms with Gasteiger partial charge in [-0.25, -0.2) is 9.97 Å². The van der Waals surface area contributed by atoms with E-state index in [9.17, 15) is 0 Å². The zero-order valence-corrected chi connectivity index (χ0v) is 15.8. The Labute approximate surface area is 154 Å². The first-order chi connectivity index (χ1) is 11.2. The molecule has 23 heavy (non-hydrogen) atoms. The maximum Gasteiger partial charge on any atom is 0.224 e. The van der Waals surface area contributed by atoms with Crippen LogP contribution in [0.3, 0.4) is 0 Å². The van der Waals surface area contributed by atoms with Gasteiger partial charge in [0.15, 0.2) is 0 Å². The number of halogens is 2. The summed E-state index contributed by atoms with van der Waals surface area (Å²) >= 11 is 11.6. The molecule has 1 unspecified atom stereocenters. The van der Waals surface area contributed by atoms with Crippen molar-refractivity contribution in [2.75, 3.05) is 18.0 Å². The average molecular weight is 411 g/mol. The van der Waals surface area contributed by atoms with E-state index in [2.05, 4.69) is 55.1 Å². The van der Waals surface area contributed by atoms with E-state index in [1.807, 2.05) is 11.8 Å². The first kappa shape index (κ1) is 15.7. The summed E-state index contributed by atoms with van der Waals surface area (Å²) in [7, 11) is 0. The van der Waals surface area contributed by atoms with Crippen molar-refractivity contribution in [2.45, 2.75) is 35.8 Å². The molecule has 1 aromatic carbocycles. The second-order valence-corrected chi connectivity index (χ2v) is 8.65. The number of benzene rings is 1. The van der Waals surface area contributed by atoms with Gasteiger partial charge >= 0.3 is 0 Å². The van der Waals surface area contributed by atoms with E-state index >= 15 is 0 Å². The van der Waals surface area contributed by atoms with Crippen LogP contribution in [0.15, 0.2) is 33.6 Å². The minimum Gasteiger partial charge on any atom is -0.355 e. The quantitative estimate of drug-likeness (QED) is 0.683. The second-order valence-electron chi connectivity index (χ2n) is 6.02. The van der Waals surface area contributed by atoms with Crippen LogP contribution >= 0.6 is 39.3 Å². The van der Waals surface area contributed by atoms with Gasteiger partial charge in [-0.3, -0.25) is 0 Å². The molecule has 0 saturated carbocycles. The Morgan fingerprint density at radius 2 is 2.00 bits per heavy atom. The molecular formula is C17H17BrClN3S. The van der Waals surface area contributed by atoms with Crippen LogP contribution < -0.4 is 4.90 Å². The fraction of sp³-hybridized carbons (Fsp3) is 0.412. The van der Waals surface area contributed by atoms with E-state index in [1.54, 1.807) is 0 Å². The van der Waals surface area contributed by atoms with Gasteiger partial charge in [0.2, 0.25) is 5.28 Å². The predicted molar refractivity (Wildman–Crippen MR) is 99.7 cm³/mol. The summed E-state index contributed by atoms with van der Waals surface area (Å²) in [6, 6.07) is 8.56. The summed E-state index contributed by atoms with van der Waals surface area (Å²) in [6.45, 7) is 2.08. The summed E-state index contributed by atoms with van der Waals surface area (Å²) in [4.78, 5) is 12.7. The lowest BCUT2D eigenvalue weighted by Crippen LogP contribution is -2.23. The van der Waals surface area contributed by atoms with E-state index in [1.165, 1.54) is 23.3 Å². The van der Waals surface area contributed by atoms with Gasteiger partial charge < -0.3 is 4.90 Å². The maximum absolute atomic E-state index is 6.13. The number of hydrogen-bond acceptors (Lipinski definition) is 4. The molecule has 1 atom stereocenters. The van der Waals surface area contributed by atoms with Gasteiger partial charge in [-0.1, -0.05) is 15.9 Å². The highest BCUT2D eigenvalue weighted by Gasteiger charge is 2.29. The van der Waals surface area contributed by atoms with Crippen LogP contribution in [0.1, 0.15) is 24.1 Å². The normalized spacial score (nSPS) is 20.1. The van der Waals surface area contributed by atoms with Crippen LogP contribution in [-0.4, -0.2) is 28.3 Å². The van der Waals surface area contributed by atoms with Crippen molar-refractivity contribution in [1.82, 2.24) is 9.97 Å². The van der Waals surface area contributed by atoms with Crippen molar-refractivity contribution >= 4 is 45.1 Å². The van der Waals surface area contributed by atoms with Crippen molar-refractivity contribution in [2.24, 2.45) is 0 Å². The van der Waals surface area contributed by atoms with Crippen molar-refractivity contribution in [3.8, 4) is 0 Å². The van der Waals surface area contributed by atoms with Gasteiger partial charge in [-0.2, -0.15) is 0 Å². The Hall–Kier alpha value is -0.780. The predicted octanol–water partition coefficient (Wildman–Crippen LogP) is 4.75. The van der Waals surface area contributed by atoms with Gasteiger partial charge in [0.05, 0.1) is 5.69 Å². The topological polar surface area (TPSA) is 29.0 Å². The Morgan fingerprint density at radius 1 is 1.17 bits per heavy atom. The smallest absolute Gasteiger partial charge is 0.224 e. The minimum absolute atomic E-state index is 0.393. The average Bonchev–Trinajstić information content (AvgIpc) is 3.18. The lowest BCUT2D eigenvalue weighted by molar-refractivity contribution is 0.891. The van der Waals surface area contributed by atoms with Gasteiger partial charge in [0.25, 0.3) is 0 Å². The summed E-state index contributed by atoms with van der Waals surface area (Å²) in [5, 5.41) is 0.992. The molecule has 2 aliphatic rings. The van der Waals surface area contributed by atoms with Gasteiger partial charge in [-0.15, -0.1) is 11.8 Å². The van der Waals surface area contributed by atoms with E-state index in [4.69, 9.17) is 11.6 Å². The van der Waals surface area contributed by atoms with Crippen molar-refractivity contribution in [3.05, 3.63) is 45.3 Å². The van der Waals surface area contributed by atoms with Crippen molar-refractivity contribution in [1.29, 1.82) is 0 Å². The molecule has 1 aliphatic heterocycles. The molecular weight excluding hydrogens is 394 g/mol. The molecule has 4 rings (SSSR count). The lowest BCUT2D eigenvalue weighted by Gasteiger charge is -2.20. The lowest BCUT2D eigenvalue weighted by atomic mass is 10.2. The van der Waals surface area contributed by atoms with Crippen LogP contribution in [-0.2, 0) is 12.8 Å². The van der Waals surface area contributed by atoms with Gasteiger partial charge in [-0.05, 0) is 61.5 Å². The number of hydrogen-bond donors (Lipinski definition) is 0. The molecule has 1 saturated heterocycles. The molecule has 0 bridgehead atoms. The third kappa shape index (κ3) is 3.37. The van der Waals surface area contributed by atoms with Crippen LogP contribution in [0.2, 0.25) is 5.28 Å². The fourth-order valence-corrected chi connectivity index (χ4v) is 4.97. The zero-order chi connectivity index (χ0) is 15.8. The third-order valence-corrected chi connectivity index (χ3v) is 6.41. The van der Waals surface area contributed by atoms with Gasteiger partial charge in [0.1, 0.15) is 5.82 Å². The number of thioether (sulfide) groups is 1. The van der Waals surface area contributed by atoms with Crippen LogP contribution in [0.25, 0.3) is 0 Å². The number of nitrogens with zero attached hydrogens (tertiary/aromatic N) is 3. The monoisotopic (exact) mass is 409 g/mol. The Balaban J connectivity index is 1.49. The molecule has 1 aromatic heterocycles. The minimum atomic E-state index is 0.393. The molecule has 0 radical (unpaired) electrons. The largest absolute Gasteiger partial charge is 0.355 e. The first-order valence-corrected chi connectivity index (χ1v) is 9.96. The zero-order valence-electron chi connectivity index (χ0n) is 12.6. The highest BCUT2D eigenvalue weighted by molar-refractivity contribution is 9.10. The number of rotatable bonds is 3. The highest BCUT2D eigenvalue weighted by atomic mass is 79.9. The Kier molecular flexibility index (Phi) is 4.52. The molecule has 2 aromatic rings. The molecule has 3 nitrogen and oxygen atoms in total. The van der Waals surface area contributed by atoms with E-state index in [0.29, 0.717) is 10.5 Å². The maximum atomic E-state index is 6.13. The molecule has 6 heteroatoms. The Bertz CT molecular complexity index is 723. The third-order valence-electron chi connectivity index (χ3n) is 4.44. The number of aromatic nitrogens is 2. The molecule has 2 heterocycles. The summed E-state index contributed by atoms with van der Waals surface area (Å²) < 4.78 is 1.13.